The molecule has 1 atom stereocenters. The summed E-state index contributed by atoms with van der Waals surface area (Å²) < 4.78 is 16.9. The predicted octanol–water partition coefficient (Wildman–Crippen LogP) is 19.0. The molecule has 0 N–H and O–H groups in total. The number of unbranched alkanes of at least 4 members (excludes halogenated alkanes) is 40. The van der Waals surface area contributed by atoms with Crippen LogP contribution in [0.25, 0.3) is 0 Å². The topological polar surface area (TPSA) is 78.9 Å². The molecule has 0 saturated heterocycles. The van der Waals surface area contributed by atoms with E-state index in [9.17, 15) is 14.4 Å². The molecule has 0 spiro atoms. The summed E-state index contributed by atoms with van der Waals surface area (Å²) in [5.74, 6) is -0.00869. The van der Waals surface area contributed by atoms with Gasteiger partial charge in [-0.05, 0) is 25.2 Å². The van der Waals surface area contributed by atoms with E-state index < -0.39 is 6.10 Å². The summed E-state index contributed by atoms with van der Waals surface area (Å²) in [6, 6.07) is 0. The number of carbonyl (C=O) groups is 3. The Morgan fingerprint density at radius 1 is 0.297 bits per heavy atom. The molecule has 0 rings (SSSR count). The number of hydrogen-bond acceptors (Lipinski definition) is 6. The van der Waals surface area contributed by atoms with Crippen LogP contribution in [0.5, 0.6) is 0 Å². The summed E-state index contributed by atoms with van der Waals surface area (Å²) in [6.07, 6.45) is 56.6. The number of hydrogen-bond donors (Lipinski definition) is 0. The third-order valence-electron chi connectivity index (χ3n) is 13.3. The zero-order valence-corrected chi connectivity index (χ0v) is 43.8. The Morgan fingerprint density at radius 3 is 0.766 bits per heavy atom. The van der Waals surface area contributed by atoms with Gasteiger partial charge in [-0.2, -0.15) is 0 Å². The normalized spacial score (nSPS) is 12.0. The zero-order chi connectivity index (χ0) is 46.7. The molecule has 0 aromatic carbocycles. The van der Waals surface area contributed by atoms with Crippen molar-refractivity contribution >= 4 is 17.9 Å². The summed E-state index contributed by atoms with van der Waals surface area (Å²) in [7, 11) is 0. The van der Waals surface area contributed by atoms with Gasteiger partial charge in [-0.3, -0.25) is 14.4 Å². The quantitative estimate of drug-likeness (QED) is 0.0344. The number of rotatable bonds is 53. The smallest absolute Gasteiger partial charge is 0.306 e. The number of esters is 3. The molecule has 0 aliphatic rings. The van der Waals surface area contributed by atoms with E-state index in [-0.39, 0.29) is 31.1 Å². The first-order chi connectivity index (χ1) is 31.4. The second-order valence-corrected chi connectivity index (χ2v) is 20.4. The van der Waals surface area contributed by atoms with E-state index in [1.807, 2.05) is 0 Å². The van der Waals surface area contributed by atoms with Gasteiger partial charge in [0, 0.05) is 19.3 Å². The Kier molecular flexibility index (Phi) is 51.1. The molecule has 64 heavy (non-hydrogen) atoms. The van der Waals surface area contributed by atoms with Gasteiger partial charge in [0.2, 0.25) is 0 Å². The molecule has 0 fully saturated rings. The second kappa shape index (κ2) is 52.4. The fourth-order valence-electron chi connectivity index (χ4n) is 8.92. The van der Waals surface area contributed by atoms with Crippen LogP contribution in [-0.2, 0) is 28.6 Å². The van der Waals surface area contributed by atoms with Crippen molar-refractivity contribution in [3.63, 3.8) is 0 Å². The molecule has 0 aliphatic heterocycles. The minimum Gasteiger partial charge on any atom is -0.462 e. The van der Waals surface area contributed by atoms with Crippen LogP contribution in [0.1, 0.15) is 329 Å². The van der Waals surface area contributed by atoms with Crippen LogP contribution in [0, 0.1) is 5.92 Å². The van der Waals surface area contributed by atoms with Gasteiger partial charge in [0.05, 0.1) is 0 Å². The highest BCUT2D eigenvalue weighted by Gasteiger charge is 2.19. The Bertz CT molecular complexity index is 964. The summed E-state index contributed by atoms with van der Waals surface area (Å²) in [4.78, 5) is 38.1. The van der Waals surface area contributed by atoms with Crippen molar-refractivity contribution in [2.24, 2.45) is 5.92 Å². The molecular weight excluding hydrogens is 793 g/mol. The lowest BCUT2D eigenvalue weighted by Crippen LogP contribution is -2.30. The first kappa shape index (κ1) is 62.4. The van der Waals surface area contributed by atoms with E-state index >= 15 is 0 Å². The molecule has 0 unspecified atom stereocenters. The van der Waals surface area contributed by atoms with Crippen molar-refractivity contribution in [1.29, 1.82) is 0 Å². The van der Waals surface area contributed by atoms with E-state index in [4.69, 9.17) is 14.2 Å². The van der Waals surface area contributed by atoms with Gasteiger partial charge < -0.3 is 14.2 Å². The van der Waals surface area contributed by atoms with E-state index in [0.717, 1.165) is 63.7 Å². The summed E-state index contributed by atoms with van der Waals surface area (Å²) in [5.41, 5.74) is 0. The first-order valence-corrected chi connectivity index (χ1v) is 28.9. The predicted molar refractivity (Wildman–Crippen MR) is 275 cm³/mol. The molecule has 0 aromatic heterocycles. The fraction of sp³-hybridized carbons (Fsp3) is 0.948. The van der Waals surface area contributed by atoms with Crippen LogP contribution in [0.3, 0.4) is 0 Å². The van der Waals surface area contributed by atoms with E-state index in [0.29, 0.717) is 19.3 Å². The molecule has 0 aliphatic carbocycles. The van der Waals surface area contributed by atoms with Crippen molar-refractivity contribution in [3.8, 4) is 0 Å². The number of ether oxygens (including phenoxy) is 3. The van der Waals surface area contributed by atoms with Gasteiger partial charge in [0.25, 0.3) is 0 Å². The van der Waals surface area contributed by atoms with Gasteiger partial charge in [0.1, 0.15) is 13.2 Å². The van der Waals surface area contributed by atoms with Crippen molar-refractivity contribution < 1.29 is 28.6 Å². The highest BCUT2D eigenvalue weighted by molar-refractivity contribution is 5.71. The first-order valence-electron chi connectivity index (χ1n) is 28.9. The highest BCUT2D eigenvalue weighted by Crippen LogP contribution is 2.18. The Morgan fingerprint density at radius 2 is 0.516 bits per heavy atom. The average Bonchev–Trinajstić information content (AvgIpc) is 3.28. The van der Waals surface area contributed by atoms with E-state index in [1.54, 1.807) is 0 Å². The van der Waals surface area contributed by atoms with Crippen molar-refractivity contribution in [3.05, 3.63) is 0 Å². The molecule has 0 heterocycles. The molecule has 6 heteroatoms. The minimum absolute atomic E-state index is 0.0619. The van der Waals surface area contributed by atoms with Crippen LogP contribution in [-0.4, -0.2) is 37.2 Å². The van der Waals surface area contributed by atoms with Crippen LogP contribution in [0.15, 0.2) is 0 Å². The monoisotopic (exact) mass is 905 g/mol. The zero-order valence-electron chi connectivity index (χ0n) is 43.8. The maximum atomic E-state index is 12.8. The fourth-order valence-corrected chi connectivity index (χ4v) is 8.92. The summed E-state index contributed by atoms with van der Waals surface area (Å²) >= 11 is 0. The third kappa shape index (κ3) is 51.4. The highest BCUT2D eigenvalue weighted by atomic mass is 16.6. The van der Waals surface area contributed by atoms with Crippen LogP contribution >= 0.6 is 0 Å². The average molecular weight is 906 g/mol. The molecule has 6 nitrogen and oxygen atoms in total. The SMILES string of the molecule is CCCCCCCCCCCCCCCCCCCC(=O)O[C@@H](COC(=O)CCCCCCCCCCCCCCCCC)COC(=O)CCCCCCCCCCCCCC(C)C. The van der Waals surface area contributed by atoms with Gasteiger partial charge in [-0.25, -0.2) is 0 Å². The molecule has 0 saturated carbocycles. The molecule has 0 bridgehead atoms. The molecular formula is C58H112O6. The molecule has 0 radical (unpaired) electrons. The Hall–Kier alpha value is -1.59. The lowest BCUT2D eigenvalue weighted by Gasteiger charge is -2.18. The largest absolute Gasteiger partial charge is 0.462 e. The maximum absolute atomic E-state index is 12.8. The van der Waals surface area contributed by atoms with Gasteiger partial charge >= 0.3 is 17.9 Å². The molecule has 380 valence electrons. The minimum atomic E-state index is -0.762. The van der Waals surface area contributed by atoms with Gasteiger partial charge in [-0.1, -0.05) is 291 Å². The lowest BCUT2D eigenvalue weighted by molar-refractivity contribution is -0.167. The van der Waals surface area contributed by atoms with E-state index in [2.05, 4.69) is 27.7 Å². The van der Waals surface area contributed by atoms with Gasteiger partial charge in [0.15, 0.2) is 6.10 Å². The van der Waals surface area contributed by atoms with Crippen molar-refractivity contribution in [2.45, 2.75) is 336 Å². The molecule has 0 aromatic rings. The summed E-state index contributed by atoms with van der Waals surface area (Å²) in [6.45, 7) is 9.05. The number of carbonyl (C=O) groups excluding carboxylic acids is 3. The molecule has 0 amide bonds. The Balaban J connectivity index is 4.30. The van der Waals surface area contributed by atoms with E-state index in [1.165, 1.54) is 225 Å². The van der Waals surface area contributed by atoms with Crippen molar-refractivity contribution in [1.82, 2.24) is 0 Å². The van der Waals surface area contributed by atoms with Gasteiger partial charge in [-0.15, -0.1) is 0 Å². The third-order valence-corrected chi connectivity index (χ3v) is 13.3. The van der Waals surface area contributed by atoms with Crippen LogP contribution < -0.4 is 0 Å². The van der Waals surface area contributed by atoms with Crippen LogP contribution in [0.2, 0.25) is 0 Å². The maximum Gasteiger partial charge on any atom is 0.306 e. The van der Waals surface area contributed by atoms with Crippen molar-refractivity contribution in [2.75, 3.05) is 13.2 Å². The Labute approximate surface area is 399 Å². The van der Waals surface area contributed by atoms with Crippen LogP contribution in [0.4, 0.5) is 0 Å². The lowest BCUT2D eigenvalue weighted by atomic mass is 10.0. The summed E-state index contributed by atoms with van der Waals surface area (Å²) in [5, 5.41) is 0. The second-order valence-electron chi connectivity index (χ2n) is 20.4. The standard InChI is InChI=1S/C58H112O6/c1-5-7-9-11-13-15-17-19-21-22-24-26-30-35-39-43-47-51-58(61)64-55(53-63-57(60)50-46-42-38-34-31-27-28-32-36-40-44-48-54(3)4)52-62-56(59)49-45-41-37-33-29-25-23-20-18-16-14-12-10-8-6-2/h54-55H,5-53H2,1-4H3/t55-/m0/s1.